The van der Waals surface area contributed by atoms with Crippen molar-refractivity contribution in [1.82, 2.24) is 29.4 Å². The third kappa shape index (κ3) is 23.5. The summed E-state index contributed by atoms with van der Waals surface area (Å²) in [6.45, 7) is 85.2. The smallest absolute Gasteiger partial charge is 0.0126 e. The predicted molar refractivity (Wildman–Crippen MR) is 303 cm³/mol. The number of piperidine rings is 2. The number of piperazine rings is 1. The van der Waals surface area contributed by atoms with E-state index in [9.17, 15) is 0 Å². The summed E-state index contributed by atoms with van der Waals surface area (Å²) >= 11 is 0. The second kappa shape index (κ2) is 24.2. The Morgan fingerprint density at radius 1 is 0.209 bits per heavy atom. The molecule has 5 fully saturated rings. The van der Waals surface area contributed by atoms with Crippen LogP contribution in [0.2, 0.25) is 0 Å². The van der Waals surface area contributed by atoms with Crippen LogP contribution in [0.5, 0.6) is 0 Å². The first-order chi connectivity index (χ1) is 29.6. The van der Waals surface area contributed by atoms with Gasteiger partial charge in [0.2, 0.25) is 0 Å². The molecule has 0 aromatic heterocycles. The molecule has 2 atom stereocenters. The van der Waals surface area contributed by atoms with Gasteiger partial charge < -0.3 is 0 Å². The fourth-order valence-electron chi connectivity index (χ4n) is 10.4. The van der Waals surface area contributed by atoms with E-state index in [0.29, 0.717) is 54.9 Å². The molecule has 67 heavy (non-hydrogen) atoms. The van der Waals surface area contributed by atoms with Crippen LogP contribution >= 0.6 is 0 Å². The zero-order valence-corrected chi connectivity index (χ0v) is 52.0. The first-order valence-electron chi connectivity index (χ1n) is 28.1. The molecule has 0 amide bonds. The van der Waals surface area contributed by atoms with Crippen molar-refractivity contribution in [2.45, 2.75) is 273 Å². The molecule has 0 aromatic carbocycles. The van der Waals surface area contributed by atoms with Crippen molar-refractivity contribution in [3.63, 3.8) is 0 Å². The van der Waals surface area contributed by atoms with Gasteiger partial charge in [-0.05, 0) is 228 Å². The Hall–Kier alpha value is -0.240. The van der Waals surface area contributed by atoms with Crippen LogP contribution in [-0.2, 0) is 0 Å². The van der Waals surface area contributed by atoms with Gasteiger partial charge in [-0.25, -0.2) is 0 Å². The van der Waals surface area contributed by atoms with Crippen molar-refractivity contribution in [2.24, 2.45) is 45.3 Å². The lowest BCUT2D eigenvalue weighted by atomic mass is 9.74. The molecule has 0 radical (unpaired) electrons. The van der Waals surface area contributed by atoms with Crippen LogP contribution in [0.25, 0.3) is 0 Å². The van der Waals surface area contributed by atoms with Crippen LogP contribution in [0.3, 0.4) is 0 Å². The van der Waals surface area contributed by atoms with Gasteiger partial charge in [0, 0.05) is 85.6 Å². The van der Waals surface area contributed by atoms with Gasteiger partial charge in [0.25, 0.3) is 0 Å². The standard InChI is InChI=1S/2C13H27N.C12H26N2.C12H25N.C11H23N/c1-12(2,3)11-7-9-14(10-8-11)13(4,5)6;1-12(2,3)11-8-7-9-14(10-11)13(4,5)6;1-11(2,3)13-7-9-14(10-8-13)12(4,5)6;1-11(2,3)10-7-8-13(9-10)12(4,5)6;1-10(2,3)9-7-12(8-9)11(4,5)6/h2*11H,7-10H2,1-6H3;7-10H2,1-6H3;10H,7-9H2,1-6H3;9H,7-8H2,1-6H3. The summed E-state index contributed by atoms with van der Waals surface area (Å²) in [4.78, 5) is 15.6. The van der Waals surface area contributed by atoms with Crippen LogP contribution in [0.1, 0.15) is 240 Å². The second-order valence-corrected chi connectivity index (χ2v) is 32.5. The van der Waals surface area contributed by atoms with Crippen molar-refractivity contribution in [3.05, 3.63) is 0 Å². The lowest BCUT2D eigenvalue weighted by molar-refractivity contribution is -0.0345. The first kappa shape index (κ1) is 64.8. The fourth-order valence-corrected chi connectivity index (χ4v) is 10.4. The minimum absolute atomic E-state index is 0.337. The zero-order valence-electron chi connectivity index (χ0n) is 52.0. The van der Waals surface area contributed by atoms with Crippen LogP contribution < -0.4 is 0 Å². The molecule has 0 aromatic rings. The van der Waals surface area contributed by atoms with E-state index in [1.807, 2.05) is 0 Å². The summed E-state index contributed by atoms with van der Waals surface area (Å²) in [5.74, 6) is 3.57. The van der Waals surface area contributed by atoms with E-state index in [-0.39, 0.29) is 0 Å². The van der Waals surface area contributed by atoms with Crippen molar-refractivity contribution in [2.75, 3.05) is 78.5 Å². The quantitative estimate of drug-likeness (QED) is 0.239. The highest BCUT2D eigenvalue weighted by molar-refractivity contribution is 4.94. The Morgan fingerprint density at radius 3 is 0.687 bits per heavy atom. The van der Waals surface area contributed by atoms with E-state index in [2.05, 4.69) is 237 Å². The number of hydrogen-bond donors (Lipinski definition) is 0. The van der Waals surface area contributed by atoms with Crippen molar-refractivity contribution in [3.8, 4) is 0 Å². The lowest BCUT2D eigenvalue weighted by Gasteiger charge is -2.52. The van der Waals surface area contributed by atoms with E-state index in [0.717, 1.165) is 23.7 Å². The van der Waals surface area contributed by atoms with E-state index in [1.54, 1.807) is 0 Å². The largest absolute Gasteiger partial charge is 0.298 e. The molecule has 6 nitrogen and oxygen atoms in total. The molecular formula is C61H128N6. The Balaban J connectivity index is 0.000000419. The van der Waals surface area contributed by atoms with Crippen LogP contribution in [-0.4, -0.2) is 141 Å². The minimum atomic E-state index is 0.337. The SMILES string of the molecule is CC(C)(C)C1CCCN(C(C)(C)C)C1.CC(C)(C)C1CCN(C(C)(C)C)C1.CC(C)(C)C1CCN(C(C)(C)C)CC1.CC(C)(C)C1CN(C(C)(C)C)C1.CC(C)(C)N1CCN(C(C)(C)C)CC1. The monoisotopic (exact) mass is 945 g/mol. The third-order valence-corrected chi connectivity index (χ3v) is 16.9. The van der Waals surface area contributed by atoms with Gasteiger partial charge in [0.05, 0.1) is 0 Å². The number of rotatable bonds is 0. The Morgan fingerprint density at radius 2 is 0.433 bits per heavy atom. The van der Waals surface area contributed by atoms with Crippen molar-refractivity contribution in [1.29, 1.82) is 0 Å². The van der Waals surface area contributed by atoms with Crippen molar-refractivity contribution >= 4 is 0 Å². The molecule has 6 heteroatoms. The molecule has 5 aliphatic heterocycles. The third-order valence-electron chi connectivity index (χ3n) is 16.9. The Labute approximate surface area is 424 Å². The fraction of sp³-hybridized carbons (Fsp3) is 1.00. The topological polar surface area (TPSA) is 19.4 Å². The van der Waals surface area contributed by atoms with E-state index in [4.69, 9.17) is 0 Å². The minimum Gasteiger partial charge on any atom is -0.298 e. The summed E-state index contributed by atoms with van der Waals surface area (Å²) in [6, 6.07) is 0. The summed E-state index contributed by atoms with van der Waals surface area (Å²) in [5, 5.41) is 0. The summed E-state index contributed by atoms with van der Waals surface area (Å²) in [6.07, 6.45) is 6.91. The van der Waals surface area contributed by atoms with Crippen LogP contribution in [0.4, 0.5) is 0 Å². The Kier molecular flexibility index (Phi) is 23.4. The molecule has 0 spiro atoms. The molecule has 0 saturated carbocycles. The van der Waals surface area contributed by atoms with E-state index >= 15 is 0 Å². The predicted octanol–water partition coefficient (Wildman–Crippen LogP) is 15.2. The van der Waals surface area contributed by atoms with E-state index in [1.165, 1.54) is 111 Å². The maximum absolute atomic E-state index is 2.65. The highest BCUT2D eigenvalue weighted by Crippen LogP contribution is 2.39. The maximum atomic E-state index is 2.65. The molecule has 402 valence electrons. The maximum Gasteiger partial charge on any atom is 0.0126 e. The van der Waals surface area contributed by atoms with Crippen molar-refractivity contribution < 1.29 is 0 Å². The molecule has 0 aliphatic carbocycles. The summed E-state index contributed by atoms with van der Waals surface area (Å²) < 4.78 is 0. The van der Waals surface area contributed by atoms with Gasteiger partial charge in [-0.3, -0.25) is 29.4 Å². The molecule has 0 bridgehead atoms. The molecule has 5 rings (SSSR count). The number of likely N-dealkylation sites (tertiary alicyclic amines) is 4. The number of hydrogen-bond acceptors (Lipinski definition) is 6. The van der Waals surface area contributed by atoms with Gasteiger partial charge in [-0.2, -0.15) is 0 Å². The zero-order chi connectivity index (χ0) is 52.8. The lowest BCUT2D eigenvalue weighted by Crippen LogP contribution is -2.59. The van der Waals surface area contributed by atoms with Gasteiger partial charge in [0.15, 0.2) is 0 Å². The Bertz CT molecular complexity index is 1210. The van der Waals surface area contributed by atoms with Gasteiger partial charge in [0.1, 0.15) is 0 Å². The average Bonchev–Trinajstić information content (AvgIpc) is 3.62. The van der Waals surface area contributed by atoms with Gasteiger partial charge in [-0.1, -0.05) is 83.1 Å². The molecular weight excluding hydrogens is 817 g/mol. The molecule has 0 N–H and O–H groups in total. The normalized spacial score (nSPS) is 24.3. The summed E-state index contributed by atoms with van der Waals surface area (Å²) in [5.41, 5.74) is 4.10. The second-order valence-electron chi connectivity index (χ2n) is 32.5. The summed E-state index contributed by atoms with van der Waals surface area (Å²) in [7, 11) is 0. The van der Waals surface area contributed by atoms with Gasteiger partial charge >= 0.3 is 0 Å². The molecule has 5 heterocycles. The average molecular weight is 946 g/mol. The molecule has 5 aliphatic rings. The van der Waals surface area contributed by atoms with Gasteiger partial charge in [-0.15, -0.1) is 0 Å². The van der Waals surface area contributed by atoms with E-state index < -0.39 is 0 Å². The van der Waals surface area contributed by atoms with Crippen LogP contribution in [0, 0.1) is 45.3 Å². The molecule has 2 unspecified atom stereocenters. The van der Waals surface area contributed by atoms with Crippen LogP contribution in [0.15, 0.2) is 0 Å². The highest BCUT2D eigenvalue weighted by atomic mass is 15.3. The highest BCUT2D eigenvalue weighted by Gasteiger charge is 2.41. The first-order valence-corrected chi connectivity index (χ1v) is 28.1. The molecule has 5 saturated heterocycles. The number of nitrogens with zero attached hydrogens (tertiary/aromatic N) is 6.